The zero-order valence-corrected chi connectivity index (χ0v) is 10.6. The number of amides is 1. The molecule has 0 aromatic carbocycles. The molecule has 1 rings (SSSR count). The molecule has 1 aliphatic carbocycles. The number of rotatable bonds is 6. The Morgan fingerprint density at radius 1 is 1.44 bits per heavy atom. The van der Waals surface area contributed by atoms with Crippen molar-refractivity contribution < 1.29 is 22.7 Å². The van der Waals surface area contributed by atoms with Crippen molar-refractivity contribution in [2.24, 2.45) is 11.1 Å². The molecule has 1 unspecified atom stereocenters. The van der Waals surface area contributed by atoms with Crippen molar-refractivity contribution in [1.29, 1.82) is 0 Å². The van der Waals surface area contributed by atoms with Crippen LogP contribution in [-0.4, -0.2) is 37.9 Å². The van der Waals surface area contributed by atoms with Crippen molar-refractivity contribution in [3.63, 3.8) is 0 Å². The molecule has 0 spiro atoms. The molecule has 1 atom stereocenters. The van der Waals surface area contributed by atoms with Crippen LogP contribution in [0.1, 0.15) is 26.2 Å². The number of hydrogen-bond donors (Lipinski definition) is 2. The smallest absolute Gasteiger partial charge is 0.385 e. The van der Waals surface area contributed by atoms with Gasteiger partial charge in [-0.05, 0) is 31.6 Å². The summed E-state index contributed by atoms with van der Waals surface area (Å²) in [5.41, 5.74) is 2.08. The molecule has 0 aromatic rings. The van der Waals surface area contributed by atoms with E-state index in [-0.39, 0.29) is 12.0 Å². The predicted octanol–water partition coefficient (Wildman–Crippen LogP) is 1.20. The first-order valence-electron chi connectivity index (χ1n) is 5.77. The fourth-order valence-corrected chi connectivity index (χ4v) is 1.59. The van der Waals surface area contributed by atoms with Gasteiger partial charge in [-0.1, -0.05) is 0 Å². The zero-order chi connectivity index (χ0) is 14.0. The monoisotopic (exact) mass is 268 g/mol. The molecule has 1 amide bonds. The highest BCUT2D eigenvalue weighted by Gasteiger charge is 2.54. The predicted molar refractivity (Wildman–Crippen MR) is 59.8 cm³/mol. The number of carbonyl (C=O) groups excluding carboxylic acids is 1. The molecule has 1 aliphatic rings. The zero-order valence-electron chi connectivity index (χ0n) is 10.6. The van der Waals surface area contributed by atoms with Gasteiger partial charge >= 0.3 is 6.18 Å². The standard InChI is InChI=1S/C11H19F3N2O2/c1-9(15,11(12,13)14)8(17)16-7-10(3-4-10)5-6-18-2/h3-7,15H2,1-2H3,(H,16,17). The van der Waals surface area contributed by atoms with Gasteiger partial charge in [-0.2, -0.15) is 13.2 Å². The van der Waals surface area contributed by atoms with E-state index in [0.29, 0.717) is 13.5 Å². The maximum Gasteiger partial charge on any atom is 0.415 e. The van der Waals surface area contributed by atoms with Crippen LogP contribution >= 0.6 is 0 Å². The Morgan fingerprint density at radius 3 is 2.39 bits per heavy atom. The van der Waals surface area contributed by atoms with Gasteiger partial charge in [0.1, 0.15) is 0 Å². The van der Waals surface area contributed by atoms with E-state index in [1.165, 1.54) is 0 Å². The van der Waals surface area contributed by atoms with Crippen LogP contribution in [0, 0.1) is 5.41 Å². The van der Waals surface area contributed by atoms with Crippen molar-refractivity contribution in [1.82, 2.24) is 5.32 Å². The van der Waals surface area contributed by atoms with E-state index in [2.05, 4.69) is 5.32 Å². The fourth-order valence-electron chi connectivity index (χ4n) is 1.59. The second kappa shape index (κ2) is 5.05. The summed E-state index contributed by atoms with van der Waals surface area (Å²) in [6, 6.07) is 0. The van der Waals surface area contributed by atoms with E-state index >= 15 is 0 Å². The first-order chi connectivity index (χ1) is 8.15. The lowest BCUT2D eigenvalue weighted by atomic mass is 9.99. The Kier molecular flexibility index (Phi) is 4.27. The Hall–Kier alpha value is -0.820. The lowest BCUT2D eigenvalue weighted by Gasteiger charge is -2.27. The second-order valence-corrected chi connectivity index (χ2v) is 5.13. The van der Waals surface area contributed by atoms with Gasteiger partial charge in [-0.3, -0.25) is 4.79 Å². The van der Waals surface area contributed by atoms with E-state index in [9.17, 15) is 18.0 Å². The third-order valence-corrected chi connectivity index (χ3v) is 3.48. The topological polar surface area (TPSA) is 64.3 Å². The van der Waals surface area contributed by atoms with Crippen molar-refractivity contribution in [3.8, 4) is 0 Å². The molecular formula is C11H19F3N2O2. The van der Waals surface area contributed by atoms with Crippen LogP contribution in [0.25, 0.3) is 0 Å². The lowest BCUT2D eigenvalue weighted by molar-refractivity contribution is -0.187. The quantitative estimate of drug-likeness (QED) is 0.760. The highest BCUT2D eigenvalue weighted by molar-refractivity contribution is 5.86. The van der Waals surface area contributed by atoms with Gasteiger partial charge in [0.25, 0.3) is 0 Å². The van der Waals surface area contributed by atoms with E-state index in [1.54, 1.807) is 7.11 Å². The van der Waals surface area contributed by atoms with E-state index in [4.69, 9.17) is 10.5 Å². The van der Waals surface area contributed by atoms with Gasteiger partial charge in [0, 0.05) is 20.3 Å². The molecule has 1 saturated carbocycles. The molecule has 0 aliphatic heterocycles. The van der Waals surface area contributed by atoms with Crippen LogP contribution in [0.3, 0.4) is 0 Å². The summed E-state index contributed by atoms with van der Waals surface area (Å²) in [7, 11) is 1.56. The molecule has 1 fully saturated rings. The fraction of sp³-hybridized carbons (Fsp3) is 0.909. The summed E-state index contributed by atoms with van der Waals surface area (Å²) in [5.74, 6) is -1.18. The summed E-state index contributed by atoms with van der Waals surface area (Å²) in [4.78, 5) is 11.5. The first-order valence-corrected chi connectivity index (χ1v) is 5.77. The highest BCUT2D eigenvalue weighted by atomic mass is 19.4. The minimum absolute atomic E-state index is 0.104. The largest absolute Gasteiger partial charge is 0.415 e. The molecular weight excluding hydrogens is 249 g/mol. The molecule has 0 saturated heterocycles. The first kappa shape index (κ1) is 15.2. The summed E-state index contributed by atoms with van der Waals surface area (Å²) < 4.78 is 42.5. The van der Waals surface area contributed by atoms with Crippen molar-refractivity contribution in [2.45, 2.75) is 37.9 Å². The van der Waals surface area contributed by atoms with E-state index < -0.39 is 17.6 Å². The molecule has 3 N–H and O–H groups in total. The number of nitrogens with one attached hydrogen (secondary N) is 1. The normalized spacial score (nSPS) is 21.2. The van der Waals surface area contributed by atoms with Gasteiger partial charge in [0.05, 0.1) is 0 Å². The van der Waals surface area contributed by atoms with Crippen LogP contribution < -0.4 is 11.1 Å². The van der Waals surface area contributed by atoms with E-state index in [1.807, 2.05) is 0 Å². The molecule has 0 heterocycles. The Labute approximate surface area is 104 Å². The van der Waals surface area contributed by atoms with Crippen LogP contribution in [-0.2, 0) is 9.53 Å². The summed E-state index contributed by atoms with van der Waals surface area (Å²) in [6.45, 7) is 1.43. The molecule has 0 aromatic heterocycles. The molecule has 4 nitrogen and oxygen atoms in total. The number of carbonyl (C=O) groups is 1. The molecule has 0 radical (unpaired) electrons. The number of hydrogen-bond acceptors (Lipinski definition) is 3. The molecule has 7 heteroatoms. The second-order valence-electron chi connectivity index (χ2n) is 5.13. The molecule has 0 bridgehead atoms. The summed E-state index contributed by atoms with van der Waals surface area (Å²) >= 11 is 0. The van der Waals surface area contributed by atoms with Gasteiger partial charge in [0.15, 0.2) is 5.54 Å². The minimum atomic E-state index is -4.75. The van der Waals surface area contributed by atoms with Crippen LogP contribution in [0.2, 0.25) is 0 Å². The van der Waals surface area contributed by atoms with Crippen LogP contribution in [0.5, 0.6) is 0 Å². The van der Waals surface area contributed by atoms with Crippen LogP contribution in [0.15, 0.2) is 0 Å². The minimum Gasteiger partial charge on any atom is -0.385 e. The molecule has 18 heavy (non-hydrogen) atoms. The number of ether oxygens (including phenoxy) is 1. The SMILES string of the molecule is COCCC1(CNC(=O)C(C)(N)C(F)(F)F)CC1. The van der Waals surface area contributed by atoms with Crippen molar-refractivity contribution in [2.75, 3.05) is 20.3 Å². The Bertz CT molecular complexity index is 312. The van der Waals surface area contributed by atoms with Crippen molar-refractivity contribution >= 4 is 5.91 Å². The third kappa shape index (κ3) is 3.35. The average Bonchev–Trinajstić information content (AvgIpc) is 3.02. The number of alkyl halides is 3. The van der Waals surface area contributed by atoms with Gasteiger partial charge in [-0.25, -0.2) is 0 Å². The summed E-state index contributed by atoms with van der Waals surface area (Å²) in [5, 5.41) is 2.30. The third-order valence-electron chi connectivity index (χ3n) is 3.48. The number of methoxy groups -OCH3 is 1. The van der Waals surface area contributed by atoms with Gasteiger partial charge in [-0.15, -0.1) is 0 Å². The lowest BCUT2D eigenvalue weighted by Crippen LogP contribution is -2.61. The molecule has 106 valence electrons. The van der Waals surface area contributed by atoms with E-state index in [0.717, 1.165) is 19.3 Å². The number of halogens is 3. The van der Waals surface area contributed by atoms with Gasteiger partial charge in [0.2, 0.25) is 5.91 Å². The number of nitrogens with two attached hydrogens (primary N) is 1. The van der Waals surface area contributed by atoms with Crippen LogP contribution in [0.4, 0.5) is 13.2 Å². The Morgan fingerprint density at radius 2 is 2.00 bits per heavy atom. The highest BCUT2D eigenvalue weighted by Crippen LogP contribution is 2.48. The maximum atomic E-state index is 12.5. The maximum absolute atomic E-state index is 12.5. The Balaban J connectivity index is 2.47. The van der Waals surface area contributed by atoms with Crippen molar-refractivity contribution in [3.05, 3.63) is 0 Å². The summed E-state index contributed by atoms with van der Waals surface area (Å²) in [6.07, 6.45) is -2.23. The van der Waals surface area contributed by atoms with Gasteiger partial charge < -0.3 is 15.8 Å². The average molecular weight is 268 g/mol.